The van der Waals surface area contributed by atoms with Crippen LogP contribution in [0.1, 0.15) is 33.1 Å². The zero-order chi connectivity index (χ0) is 11.9. The van der Waals surface area contributed by atoms with Gasteiger partial charge in [0.2, 0.25) is 0 Å². The number of unbranched alkanes of at least 4 members (excludes halogenated alkanes) is 1. The second-order valence-corrected chi connectivity index (χ2v) is 6.81. The van der Waals surface area contributed by atoms with Gasteiger partial charge in [-0.3, -0.25) is 0 Å². The average molecular weight is 248 g/mol. The van der Waals surface area contributed by atoms with Crippen molar-refractivity contribution in [2.45, 2.75) is 45.3 Å². The molecule has 1 aliphatic heterocycles. The molecule has 1 atom stereocenters. The molecule has 16 heavy (non-hydrogen) atoms. The summed E-state index contributed by atoms with van der Waals surface area (Å²) in [5.74, 6) is 0. The van der Waals surface area contributed by atoms with Gasteiger partial charge < -0.3 is 18.0 Å². The van der Waals surface area contributed by atoms with Crippen LogP contribution in [0.2, 0.25) is 6.04 Å². The van der Waals surface area contributed by atoms with Crippen molar-refractivity contribution in [1.82, 2.24) is 0 Å². The molecule has 1 heterocycles. The number of epoxide rings is 1. The van der Waals surface area contributed by atoms with Crippen molar-refractivity contribution >= 4 is 8.80 Å². The molecule has 0 radical (unpaired) electrons. The largest absolute Gasteiger partial charge is 0.500 e. The standard InChI is InChI=1S/C11H24O4Si/c1-4-14-16(12-3,15-5-2)9-7-6-8-11-10-13-11/h11H,4-10H2,1-3H3. The van der Waals surface area contributed by atoms with Crippen molar-refractivity contribution in [3.63, 3.8) is 0 Å². The van der Waals surface area contributed by atoms with Crippen LogP contribution in [0.3, 0.4) is 0 Å². The smallest absolute Gasteiger partial charge is 0.377 e. The molecule has 1 fully saturated rings. The van der Waals surface area contributed by atoms with Crippen molar-refractivity contribution < 1.29 is 18.0 Å². The molecular formula is C11H24O4Si. The first-order valence-corrected chi connectivity index (χ1v) is 8.14. The van der Waals surface area contributed by atoms with Crippen LogP contribution in [-0.4, -0.2) is 41.8 Å². The fourth-order valence-electron chi connectivity index (χ4n) is 1.79. The van der Waals surface area contributed by atoms with Crippen LogP contribution in [0.4, 0.5) is 0 Å². The Hall–Kier alpha value is 0.0569. The highest BCUT2D eigenvalue weighted by molar-refractivity contribution is 6.60. The first-order chi connectivity index (χ1) is 7.76. The minimum atomic E-state index is -2.36. The van der Waals surface area contributed by atoms with Gasteiger partial charge in [-0.2, -0.15) is 0 Å². The predicted octanol–water partition coefficient (Wildman–Crippen LogP) is 2.21. The topological polar surface area (TPSA) is 40.2 Å². The van der Waals surface area contributed by atoms with E-state index in [4.69, 9.17) is 18.0 Å². The molecule has 1 aliphatic rings. The minimum Gasteiger partial charge on any atom is -0.377 e. The molecule has 0 saturated carbocycles. The monoisotopic (exact) mass is 248 g/mol. The fraction of sp³-hybridized carbons (Fsp3) is 1.00. The molecule has 5 heteroatoms. The lowest BCUT2D eigenvalue weighted by Crippen LogP contribution is -2.44. The van der Waals surface area contributed by atoms with Gasteiger partial charge in [-0.15, -0.1) is 0 Å². The van der Waals surface area contributed by atoms with E-state index in [1.165, 1.54) is 6.42 Å². The Bertz CT molecular complexity index is 179. The SMILES string of the molecule is CCO[Si](CCCCC1CO1)(OC)OCC. The van der Waals surface area contributed by atoms with Crippen molar-refractivity contribution in [3.8, 4) is 0 Å². The van der Waals surface area contributed by atoms with Gasteiger partial charge in [0, 0.05) is 26.4 Å². The number of ether oxygens (including phenoxy) is 1. The molecule has 1 unspecified atom stereocenters. The Morgan fingerprint density at radius 1 is 1.19 bits per heavy atom. The quantitative estimate of drug-likeness (QED) is 0.338. The summed E-state index contributed by atoms with van der Waals surface area (Å²) in [6.07, 6.45) is 3.95. The second kappa shape index (κ2) is 7.40. The van der Waals surface area contributed by atoms with Crippen LogP contribution in [0.15, 0.2) is 0 Å². The molecule has 96 valence electrons. The first-order valence-electron chi connectivity index (χ1n) is 6.21. The molecule has 0 spiro atoms. The zero-order valence-electron chi connectivity index (χ0n) is 10.7. The minimum absolute atomic E-state index is 0.526. The molecule has 0 aromatic heterocycles. The third-order valence-corrected chi connectivity index (χ3v) is 5.75. The summed E-state index contributed by atoms with van der Waals surface area (Å²) in [5, 5.41) is 0. The van der Waals surface area contributed by atoms with E-state index in [1.807, 2.05) is 13.8 Å². The number of hydrogen-bond acceptors (Lipinski definition) is 4. The number of rotatable bonds is 10. The maximum Gasteiger partial charge on any atom is 0.500 e. The van der Waals surface area contributed by atoms with Crippen LogP contribution < -0.4 is 0 Å². The van der Waals surface area contributed by atoms with E-state index in [0.29, 0.717) is 19.3 Å². The summed E-state index contributed by atoms with van der Waals surface area (Å²) in [4.78, 5) is 0. The lowest BCUT2D eigenvalue weighted by Gasteiger charge is -2.27. The number of hydrogen-bond donors (Lipinski definition) is 0. The highest BCUT2D eigenvalue weighted by Gasteiger charge is 2.38. The summed E-state index contributed by atoms with van der Waals surface area (Å²) < 4.78 is 22.1. The van der Waals surface area contributed by atoms with Gasteiger partial charge in [0.25, 0.3) is 0 Å². The van der Waals surface area contributed by atoms with Crippen LogP contribution in [0.25, 0.3) is 0 Å². The Morgan fingerprint density at radius 3 is 2.25 bits per heavy atom. The van der Waals surface area contributed by atoms with Gasteiger partial charge in [0.05, 0.1) is 12.7 Å². The van der Waals surface area contributed by atoms with Gasteiger partial charge in [-0.05, 0) is 26.7 Å². The molecule has 0 aromatic carbocycles. The molecule has 4 nitrogen and oxygen atoms in total. The Labute approximate surface area is 99.6 Å². The summed E-state index contributed by atoms with van der Waals surface area (Å²) >= 11 is 0. The summed E-state index contributed by atoms with van der Waals surface area (Å²) in [7, 11) is -0.666. The van der Waals surface area contributed by atoms with E-state index in [0.717, 1.165) is 25.5 Å². The third-order valence-electron chi connectivity index (χ3n) is 2.70. The van der Waals surface area contributed by atoms with Crippen LogP contribution in [0.5, 0.6) is 0 Å². The maximum absolute atomic E-state index is 5.71. The van der Waals surface area contributed by atoms with Gasteiger partial charge in [-0.25, -0.2) is 0 Å². The molecule has 0 aromatic rings. The van der Waals surface area contributed by atoms with Gasteiger partial charge in [0.15, 0.2) is 0 Å². The van der Waals surface area contributed by atoms with E-state index < -0.39 is 8.80 Å². The summed E-state index contributed by atoms with van der Waals surface area (Å²) in [6.45, 7) is 6.23. The highest BCUT2D eigenvalue weighted by Crippen LogP contribution is 2.22. The van der Waals surface area contributed by atoms with Crippen molar-refractivity contribution in [1.29, 1.82) is 0 Å². The zero-order valence-corrected chi connectivity index (χ0v) is 11.7. The molecule has 1 saturated heterocycles. The molecule has 0 N–H and O–H groups in total. The van der Waals surface area contributed by atoms with Gasteiger partial charge >= 0.3 is 8.80 Å². The lowest BCUT2D eigenvalue weighted by molar-refractivity contribution is 0.0859. The maximum atomic E-state index is 5.71. The molecule has 0 bridgehead atoms. The van der Waals surface area contributed by atoms with Gasteiger partial charge in [-0.1, -0.05) is 6.42 Å². The molecule has 0 aliphatic carbocycles. The highest BCUT2D eigenvalue weighted by atomic mass is 28.4. The van der Waals surface area contributed by atoms with Crippen LogP contribution in [-0.2, 0) is 18.0 Å². The van der Waals surface area contributed by atoms with Crippen molar-refractivity contribution in [2.75, 3.05) is 26.9 Å². The van der Waals surface area contributed by atoms with Crippen molar-refractivity contribution in [2.24, 2.45) is 0 Å². The Morgan fingerprint density at radius 2 is 1.81 bits per heavy atom. The summed E-state index contributed by atoms with van der Waals surface area (Å²) in [5.41, 5.74) is 0. The second-order valence-electron chi connectivity index (χ2n) is 3.95. The van der Waals surface area contributed by atoms with Crippen LogP contribution in [0, 0.1) is 0 Å². The fourth-order valence-corrected chi connectivity index (χ4v) is 4.17. The first kappa shape index (κ1) is 14.1. The Balaban J connectivity index is 2.22. The normalized spacial score (nSPS) is 20.1. The van der Waals surface area contributed by atoms with Crippen LogP contribution >= 0.6 is 0 Å². The Kier molecular flexibility index (Phi) is 6.53. The third kappa shape index (κ3) is 4.93. The van der Waals surface area contributed by atoms with E-state index in [9.17, 15) is 0 Å². The van der Waals surface area contributed by atoms with Gasteiger partial charge in [0.1, 0.15) is 0 Å². The van der Waals surface area contributed by atoms with E-state index >= 15 is 0 Å². The van der Waals surface area contributed by atoms with E-state index in [1.54, 1.807) is 7.11 Å². The summed E-state index contributed by atoms with van der Waals surface area (Å²) in [6, 6.07) is 0.915. The lowest BCUT2D eigenvalue weighted by atomic mass is 10.2. The molecule has 1 rings (SSSR count). The van der Waals surface area contributed by atoms with E-state index in [2.05, 4.69) is 0 Å². The average Bonchev–Trinajstić information content (AvgIpc) is 3.09. The molecular weight excluding hydrogens is 224 g/mol. The molecule has 0 amide bonds. The van der Waals surface area contributed by atoms with E-state index in [-0.39, 0.29) is 0 Å². The predicted molar refractivity (Wildman–Crippen MR) is 64.4 cm³/mol. The van der Waals surface area contributed by atoms with Crippen molar-refractivity contribution in [3.05, 3.63) is 0 Å².